The summed E-state index contributed by atoms with van der Waals surface area (Å²) in [6.45, 7) is 40.2. The smallest absolute Gasteiger partial charge is 0.167 e. The summed E-state index contributed by atoms with van der Waals surface area (Å²) in [6, 6.07) is 4.27. The molecular formula is C59H92N4O6. The fraction of sp³-hybridized carbons (Fsp3) is 0.593. The van der Waals surface area contributed by atoms with Crippen molar-refractivity contribution >= 4 is 34.0 Å². The first-order valence-corrected chi connectivity index (χ1v) is 26.4. The van der Waals surface area contributed by atoms with E-state index in [1.807, 2.05) is 47.6 Å². The fourth-order valence-electron chi connectivity index (χ4n) is 9.01. The zero-order chi connectivity index (χ0) is 51.2. The molecule has 2 saturated heterocycles. The number of phenolic OH excluding ortho intramolecular Hbond substituents is 4. The van der Waals surface area contributed by atoms with Gasteiger partial charge < -0.3 is 29.9 Å². The lowest BCUT2D eigenvalue weighted by atomic mass is 9.80. The minimum Gasteiger partial charge on any atom is -0.504 e. The van der Waals surface area contributed by atoms with Gasteiger partial charge in [-0.05, 0) is 114 Å². The molecule has 10 heteroatoms. The van der Waals surface area contributed by atoms with Crippen molar-refractivity contribution in [3.05, 3.63) is 69.3 Å². The van der Waals surface area contributed by atoms with Crippen molar-refractivity contribution in [1.82, 2.24) is 9.80 Å². The number of phenols is 4. The van der Waals surface area contributed by atoms with Gasteiger partial charge in [-0.15, -0.1) is 6.58 Å². The van der Waals surface area contributed by atoms with Crippen LogP contribution < -0.4 is 0 Å². The second-order valence-corrected chi connectivity index (χ2v) is 19.0. The second kappa shape index (κ2) is 30.3. The van der Waals surface area contributed by atoms with Gasteiger partial charge in [-0.3, -0.25) is 19.8 Å². The SMILES string of the molecule is C1CC1.C=CCC.CC.CCCC.Cc1cc2c(C(C)C)c(O)c(O)c(C=NCCCN3CCOCC3)c2c(C)c1-c1c(C)cc2c(C(C)C)c(O)c(O)c(C=NCCCN3CCOCC3)c2c1C. The molecular weight excluding hydrogens is 861 g/mol. The number of aryl methyl sites for hydroxylation is 4. The van der Waals surface area contributed by atoms with Crippen LogP contribution >= 0.6 is 0 Å². The van der Waals surface area contributed by atoms with Gasteiger partial charge in [0.1, 0.15) is 0 Å². The fourth-order valence-corrected chi connectivity index (χ4v) is 9.01. The first-order chi connectivity index (χ1) is 33.2. The van der Waals surface area contributed by atoms with Crippen molar-refractivity contribution in [2.75, 3.05) is 78.8 Å². The predicted molar refractivity (Wildman–Crippen MR) is 296 cm³/mol. The van der Waals surface area contributed by atoms with Crippen LogP contribution in [0, 0.1) is 27.7 Å². The van der Waals surface area contributed by atoms with Crippen LogP contribution in [0.2, 0.25) is 0 Å². The van der Waals surface area contributed by atoms with Crippen LogP contribution in [0.5, 0.6) is 23.0 Å². The number of hydrogen-bond donors (Lipinski definition) is 4. The van der Waals surface area contributed by atoms with Crippen molar-refractivity contribution in [2.24, 2.45) is 9.98 Å². The summed E-state index contributed by atoms with van der Waals surface area (Å²) in [4.78, 5) is 14.4. The lowest BCUT2D eigenvalue weighted by Gasteiger charge is -2.26. The minimum atomic E-state index is -0.155. The third-order valence-electron chi connectivity index (χ3n) is 12.9. The summed E-state index contributed by atoms with van der Waals surface area (Å²) in [7, 11) is 0. The summed E-state index contributed by atoms with van der Waals surface area (Å²) < 4.78 is 11.0. The first-order valence-electron chi connectivity index (χ1n) is 26.4. The molecule has 0 bridgehead atoms. The van der Waals surface area contributed by atoms with Crippen molar-refractivity contribution in [3.8, 4) is 34.1 Å². The summed E-state index contributed by atoms with van der Waals surface area (Å²) in [5, 5.41) is 49.6. The summed E-state index contributed by atoms with van der Waals surface area (Å²) in [6.07, 6.45) is 15.3. The zero-order valence-corrected chi connectivity index (χ0v) is 45.3. The summed E-state index contributed by atoms with van der Waals surface area (Å²) in [5.74, 6) is -0.598. The Morgan fingerprint density at radius 3 is 1.20 bits per heavy atom. The number of hydrogen-bond acceptors (Lipinski definition) is 10. The quantitative estimate of drug-likeness (QED) is 0.0401. The monoisotopic (exact) mass is 953 g/mol. The Bertz CT molecular complexity index is 2130. The van der Waals surface area contributed by atoms with Gasteiger partial charge in [-0.2, -0.15) is 0 Å². The standard InChI is InChI=1S/C46H62N4O6.C4H10.C4H8.C3H6.C2H6/c1-27(2)37-33-23-29(5)39(31(7)41(33)35(43(51)45(37)53)25-47-11-9-13-49-15-19-55-20-16-49)40-30(6)24-34-38(28(3)4)46(54)44(52)36(42(34)32(40)8)26-48-12-10-14-50-17-21-56-22-18-50;2*1-3-4-2;1-2-3-1;1-2/h23-28,51-54H,9-22H2,1-8H3;3-4H2,1-2H3;3H,1,4H2,2H3;1-3H2;1-2H3. The Kier molecular flexibility index (Phi) is 25.8. The van der Waals surface area contributed by atoms with E-state index >= 15 is 0 Å². The number of benzene rings is 4. The number of fused-ring (bicyclic) bond motifs is 2. The molecule has 0 atom stereocenters. The molecule has 4 N–H and O–H groups in total. The molecule has 0 amide bonds. The molecule has 1 aliphatic carbocycles. The molecule has 0 radical (unpaired) electrons. The molecule has 0 spiro atoms. The van der Waals surface area contributed by atoms with Gasteiger partial charge in [-0.25, -0.2) is 0 Å². The third kappa shape index (κ3) is 16.0. The van der Waals surface area contributed by atoms with Gasteiger partial charge in [0.2, 0.25) is 0 Å². The Balaban J connectivity index is 0.000000860. The first kappa shape index (κ1) is 58.8. The number of nitrogens with zero attached hydrogens (tertiary/aromatic N) is 4. The van der Waals surface area contributed by atoms with Crippen LogP contribution in [0.3, 0.4) is 0 Å². The molecule has 4 aromatic carbocycles. The van der Waals surface area contributed by atoms with Crippen LogP contribution in [0.15, 0.2) is 34.8 Å². The normalized spacial score (nSPS) is 15.1. The molecule has 2 aliphatic heterocycles. The maximum Gasteiger partial charge on any atom is 0.167 e. The Labute approximate surface area is 417 Å². The van der Waals surface area contributed by atoms with Crippen molar-refractivity contribution in [2.45, 2.75) is 153 Å². The second-order valence-electron chi connectivity index (χ2n) is 19.0. The van der Waals surface area contributed by atoms with Crippen LogP contribution in [-0.2, 0) is 9.47 Å². The van der Waals surface area contributed by atoms with Gasteiger partial charge in [0.05, 0.1) is 26.4 Å². The molecule has 2 heterocycles. The van der Waals surface area contributed by atoms with Crippen molar-refractivity contribution in [3.63, 3.8) is 0 Å². The van der Waals surface area contributed by atoms with E-state index in [4.69, 9.17) is 19.5 Å². The van der Waals surface area contributed by atoms with Gasteiger partial charge in [-0.1, -0.05) is 113 Å². The highest BCUT2D eigenvalue weighted by Crippen LogP contribution is 2.50. The maximum atomic E-state index is 11.6. The van der Waals surface area contributed by atoms with E-state index in [1.54, 1.807) is 12.4 Å². The summed E-state index contributed by atoms with van der Waals surface area (Å²) >= 11 is 0. The van der Waals surface area contributed by atoms with Crippen LogP contribution in [-0.4, -0.2) is 121 Å². The Morgan fingerprint density at radius 1 is 0.594 bits per heavy atom. The average Bonchev–Trinajstić information content (AvgIpc) is 4.24. The molecule has 69 heavy (non-hydrogen) atoms. The van der Waals surface area contributed by atoms with E-state index in [0.29, 0.717) is 35.3 Å². The number of aliphatic imine (C=N–C) groups is 2. The molecule has 4 aromatic rings. The molecule has 1 saturated carbocycles. The molecule has 384 valence electrons. The number of morpholine rings is 2. The topological polar surface area (TPSA) is 131 Å². The van der Waals surface area contributed by atoms with Gasteiger partial charge in [0.25, 0.3) is 0 Å². The lowest BCUT2D eigenvalue weighted by molar-refractivity contribution is 0.0377. The zero-order valence-electron chi connectivity index (χ0n) is 45.3. The Morgan fingerprint density at radius 2 is 0.928 bits per heavy atom. The highest BCUT2D eigenvalue weighted by Gasteiger charge is 2.28. The predicted octanol–water partition coefficient (Wildman–Crippen LogP) is 13.8. The van der Waals surface area contributed by atoms with Crippen LogP contribution in [0.1, 0.15) is 170 Å². The van der Waals surface area contributed by atoms with Gasteiger partial charge in [0, 0.05) is 87.0 Å². The number of ether oxygens (including phenoxy) is 2. The lowest BCUT2D eigenvalue weighted by Crippen LogP contribution is -2.37. The van der Waals surface area contributed by atoms with Crippen molar-refractivity contribution < 1.29 is 29.9 Å². The van der Waals surface area contributed by atoms with E-state index < -0.39 is 0 Å². The molecule has 3 fully saturated rings. The molecule has 10 nitrogen and oxygen atoms in total. The maximum absolute atomic E-state index is 11.6. The number of rotatable bonds is 15. The van der Waals surface area contributed by atoms with Crippen molar-refractivity contribution in [1.29, 1.82) is 0 Å². The molecule has 0 aromatic heterocycles. The van der Waals surface area contributed by atoms with E-state index in [2.05, 4.69) is 77.0 Å². The van der Waals surface area contributed by atoms with E-state index in [-0.39, 0.29) is 34.8 Å². The number of unbranched alkanes of at least 4 members (excludes halogenated alkanes) is 1. The van der Waals surface area contributed by atoms with E-state index in [9.17, 15) is 20.4 Å². The largest absolute Gasteiger partial charge is 0.504 e. The Hall–Kier alpha value is -4.48. The molecule has 0 unspecified atom stereocenters. The minimum absolute atomic E-state index is 0.0440. The molecule has 3 aliphatic rings. The van der Waals surface area contributed by atoms with E-state index in [0.717, 1.165) is 140 Å². The third-order valence-corrected chi connectivity index (χ3v) is 12.9. The average molecular weight is 953 g/mol. The number of aromatic hydroxyl groups is 4. The molecule has 7 rings (SSSR count). The van der Waals surface area contributed by atoms with Gasteiger partial charge >= 0.3 is 0 Å². The summed E-state index contributed by atoms with van der Waals surface area (Å²) in [5.41, 5.74) is 8.52. The van der Waals surface area contributed by atoms with E-state index in [1.165, 1.54) is 32.1 Å². The highest BCUT2D eigenvalue weighted by atomic mass is 16.5. The van der Waals surface area contributed by atoms with Gasteiger partial charge in [0.15, 0.2) is 23.0 Å². The van der Waals surface area contributed by atoms with Crippen LogP contribution in [0.25, 0.3) is 32.7 Å². The highest BCUT2D eigenvalue weighted by molar-refractivity contribution is 6.12. The number of allylic oxidation sites excluding steroid dienone is 1. The van der Waals surface area contributed by atoms with Crippen LogP contribution in [0.4, 0.5) is 0 Å².